The van der Waals surface area contributed by atoms with Crippen LogP contribution >= 0.6 is 0 Å². The summed E-state index contributed by atoms with van der Waals surface area (Å²) in [7, 11) is 1.69. The normalized spacial score (nSPS) is 11.2. The average molecular weight is 521 g/mol. The summed E-state index contributed by atoms with van der Waals surface area (Å²) < 4.78 is 7.06. The maximum atomic E-state index is 13.8. The van der Waals surface area contributed by atoms with Crippen LogP contribution in [-0.4, -0.2) is 37.3 Å². The summed E-state index contributed by atoms with van der Waals surface area (Å²) >= 11 is 0. The van der Waals surface area contributed by atoms with Crippen LogP contribution in [0.15, 0.2) is 77.6 Å². The fourth-order valence-electron chi connectivity index (χ4n) is 4.84. The number of nitrogens with zero attached hydrogens (tertiary/aromatic N) is 5. The molecular weight excluding hydrogens is 488 g/mol. The van der Waals surface area contributed by atoms with E-state index in [1.54, 1.807) is 7.11 Å². The van der Waals surface area contributed by atoms with Crippen molar-refractivity contribution in [2.75, 3.05) is 7.11 Å². The maximum absolute atomic E-state index is 13.8. The topological polar surface area (TPSA) is 98.6 Å². The lowest BCUT2D eigenvalue weighted by molar-refractivity contribution is 0.185. The van der Waals surface area contributed by atoms with E-state index in [2.05, 4.69) is 63.9 Å². The minimum Gasteiger partial charge on any atom is -0.380 e. The Labute approximate surface area is 227 Å². The summed E-state index contributed by atoms with van der Waals surface area (Å²) in [6, 6.07) is 24.5. The van der Waals surface area contributed by atoms with E-state index in [0.29, 0.717) is 25.4 Å². The second-order valence-electron chi connectivity index (χ2n) is 9.64. The molecule has 0 unspecified atom stereocenters. The molecule has 8 nitrogen and oxygen atoms in total. The van der Waals surface area contributed by atoms with Gasteiger partial charge in [-0.25, -0.2) is 4.98 Å². The smallest absolute Gasteiger partial charge is 0.257 e. The highest BCUT2D eigenvalue weighted by Gasteiger charge is 2.16. The Morgan fingerprint density at radius 2 is 1.59 bits per heavy atom. The van der Waals surface area contributed by atoms with Gasteiger partial charge in [-0.05, 0) is 46.4 Å². The van der Waals surface area contributed by atoms with Crippen LogP contribution in [0.3, 0.4) is 0 Å². The molecule has 0 bridgehead atoms. The molecule has 0 fully saturated rings. The molecule has 0 amide bonds. The van der Waals surface area contributed by atoms with Crippen LogP contribution in [0, 0.1) is 6.92 Å². The quantitative estimate of drug-likeness (QED) is 0.274. The highest BCUT2D eigenvalue weighted by molar-refractivity contribution is 5.80. The number of benzene rings is 3. The van der Waals surface area contributed by atoms with Gasteiger partial charge in [0, 0.05) is 36.8 Å². The van der Waals surface area contributed by atoms with Crippen LogP contribution in [0.2, 0.25) is 0 Å². The van der Waals surface area contributed by atoms with E-state index in [4.69, 9.17) is 9.72 Å². The number of H-pyrrole nitrogens is 1. The third kappa shape index (κ3) is 5.86. The van der Waals surface area contributed by atoms with Crippen molar-refractivity contribution >= 4 is 0 Å². The third-order valence-corrected chi connectivity index (χ3v) is 6.86. The molecule has 198 valence electrons. The molecule has 0 aliphatic heterocycles. The number of hydrogen-bond donors (Lipinski definition) is 1. The lowest BCUT2D eigenvalue weighted by Crippen LogP contribution is -2.30. The second-order valence-corrected chi connectivity index (χ2v) is 9.64. The molecule has 2 aromatic heterocycles. The van der Waals surface area contributed by atoms with Gasteiger partial charge in [0.2, 0.25) is 5.82 Å². The number of aromatic amines is 1. The van der Waals surface area contributed by atoms with Crippen molar-refractivity contribution in [2.45, 2.75) is 46.3 Å². The fourth-order valence-corrected chi connectivity index (χ4v) is 4.84. The summed E-state index contributed by atoms with van der Waals surface area (Å²) in [6.07, 6.45) is 2.21. The van der Waals surface area contributed by atoms with Crippen LogP contribution in [0.25, 0.3) is 22.5 Å². The third-order valence-electron chi connectivity index (χ3n) is 6.86. The van der Waals surface area contributed by atoms with Crippen molar-refractivity contribution in [1.82, 2.24) is 30.2 Å². The van der Waals surface area contributed by atoms with Gasteiger partial charge in [-0.2, -0.15) is 5.21 Å². The van der Waals surface area contributed by atoms with Gasteiger partial charge in [0.05, 0.1) is 13.2 Å². The van der Waals surface area contributed by atoms with Crippen molar-refractivity contribution in [2.24, 2.45) is 0 Å². The molecule has 0 atom stereocenters. The molecular formula is C31H32N6O2. The molecule has 3 aromatic carbocycles. The van der Waals surface area contributed by atoms with Crippen LogP contribution in [-0.2, 0) is 30.7 Å². The Balaban J connectivity index is 1.44. The first-order valence-electron chi connectivity index (χ1n) is 13.2. The minimum atomic E-state index is 0.0263. The molecule has 39 heavy (non-hydrogen) atoms. The average Bonchev–Trinajstić information content (AvgIpc) is 3.50. The summed E-state index contributed by atoms with van der Waals surface area (Å²) in [5.74, 6) is 1.38. The number of aromatic nitrogens is 6. The van der Waals surface area contributed by atoms with E-state index in [0.717, 1.165) is 63.3 Å². The van der Waals surface area contributed by atoms with E-state index in [9.17, 15) is 4.79 Å². The minimum absolute atomic E-state index is 0.0263. The zero-order valence-corrected chi connectivity index (χ0v) is 22.5. The van der Waals surface area contributed by atoms with Gasteiger partial charge in [-0.15, -0.1) is 10.2 Å². The lowest BCUT2D eigenvalue weighted by Gasteiger charge is -2.16. The number of tetrazole rings is 1. The zero-order chi connectivity index (χ0) is 27.2. The van der Waals surface area contributed by atoms with Gasteiger partial charge in [-0.1, -0.05) is 79.7 Å². The van der Waals surface area contributed by atoms with E-state index in [1.165, 1.54) is 0 Å². The molecule has 5 aromatic rings. The van der Waals surface area contributed by atoms with Crippen molar-refractivity contribution in [1.29, 1.82) is 0 Å². The number of aryl methyl sites for hydroxylation is 2. The van der Waals surface area contributed by atoms with Crippen LogP contribution < -0.4 is 5.56 Å². The SMILES string of the molecule is CCCc1nc(C)c(Cc2ccc(COC)cc2)c(=O)n1Cc1ccc(-c2ccccc2-c2nn[nH]n2)cc1. The van der Waals surface area contributed by atoms with Gasteiger partial charge in [0.1, 0.15) is 5.82 Å². The summed E-state index contributed by atoms with van der Waals surface area (Å²) in [5, 5.41) is 14.5. The van der Waals surface area contributed by atoms with E-state index in [1.807, 2.05) is 47.9 Å². The zero-order valence-electron chi connectivity index (χ0n) is 22.5. The Hall–Kier alpha value is -4.43. The number of hydrogen-bond acceptors (Lipinski definition) is 6. The highest BCUT2D eigenvalue weighted by Crippen LogP contribution is 2.29. The predicted octanol–water partition coefficient (Wildman–Crippen LogP) is 5.14. The van der Waals surface area contributed by atoms with Gasteiger partial charge >= 0.3 is 0 Å². The maximum Gasteiger partial charge on any atom is 0.257 e. The largest absolute Gasteiger partial charge is 0.380 e. The van der Waals surface area contributed by atoms with Crippen molar-refractivity contribution in [3.8, 4) is 22.5 Å². The van der Waals surface area contributed by atoms with E-state index < -0.39 is 0 Å². The summed E-state index contributed by atoms with van der Waals surface area (Å²) in [6.45, 7) is 5.08. The first-order valence-corrected chi connectivity index (χ1v) is 13.2. The molecule has 0 radical (unpaired) electrons. The molecule has 2 heterocycles. The van der Waals surface area contributed by atoms with Crippen molar-refractivity contribution < 1.29 is 4.74 Å². The first-order chi connectivity index (χ1) is 19.1. The molecule has 0 aliphatic rings. The highest BCUT2D eigenvalue weighted by atomic mass is 16.5. The van der Waals surface area contributed by atoms with E-state index >= 15 is 0 Å². The monoisotopic (exact) mass is 520 g/mol. The Bertz CT molecular complexity index is 1590. The van der Waals surface area contributed by atoms with Crippen LogP contribution in [0.4, 0.5) is 0 Å². The van der Waals surface area contributed by atoms with E-state index in [-0.39, 0.29) is 5.56 Å². The second kappa shape index (κ2) is 12.0. The molecule has 1 N–H and O–H groups in total. The van der Waals surface area contributed by atoms with Gasteiger partial charge in [0.15, 0.2) is 0 Å². The Kier molecular flexibility index (Phi) is 8.03. The number of nitrogens with one attached hydrogen (secondary N) is 1. The van der Waals surface area contributed by atoms with Crippen LogP contribution in [0.5, 0.6) is 0 Å². The number of ether oxygens (including phenoxy) is 1. The number of rotatable bonds is 10. The van der Waals surface area contributed by atoms with Gasteiger partial charge in [-0.3, -0.25) is 9.36 Å². The number of methoxy groups -OCH3 is 1. The Morgan fingerprint density at radius 1 is 0.897 bits per heavy atom. The molecule has 0 spiro atoms. The first kappa shape index (κ1) is 26.2. The molecule has 0 saturated heterocycles. The molecule has 0 saturated carbocycles. The van der Waals surface area contributed by atoms with Crippen LogP contribution in [0.1, 0.15) is 47.1 Å². The molecule has 0 aliphatic carbocycles. The summed E-state index contributed by atoms with van der Waals surface area (Å²) in [5.41, 5.74) is 7.75. The summed E-state index contributed by atoms with van der Waals surface area (Å²) in [4.78, 5) is 18.7. The molecule has 8 heteroatoms. The fraction of sp³-hybridized carbons (Fsp3) is 0.258. The van der Waals surface area contributed by atoms with Gasteiger partial charge in [0.25, 0.3) is 5.56 Å². The van der Waals surface area contributed by atoms with Crippen molar-refractivity contribution in [3.63, 3.8) is 0 Å². The van der Waals surface area contributed by atoms with Crippen molar-refractivity contribution in [3.05, 3.63) is 117 Å². The predicted molar refractivity (Wildman–Crippen MR) is 151 cm³/mol. The standard InChI is InChI=1S/C31H32N6O2/c1-4-7-29-32-21(2)28(18-22-10-12-24(13-11-22)20-39-3)31(38)37(29)19-23-14-16-25(17-15-23)26-8-5-6-9-27(26)30-33-35-36-34-30/h5-6,8-17H,4,7,18-20H2,1-3H3,(H,33,34,35,36). The Morgan fingerprint density at radius 3 is 2.26 bits per heavy atom. The molecule has 5 rings (SSSR count). The van der Waals surface area contributed by atoms with Gasteiger partial charge < -0.3 is 4.74 Å². The lowest BCUT2D eigenvalue weighted by atomic mass is 9.98.